The van der Waals surface area contributed by atoms with E-state index in [4.69, 9.17) is 18.2 Å². The van der Waals surface area contributed by atoms with E-state index in [0.717, 1.165) is 0 Å². The Morgan fingerprint density at radius 2 is 2.04 bits per heavy atom. The number of halogens is 5. The lowest BCUT2D eigenvalue weighted by Gasteiger charge is -2.13. The fourth-order valence-electron chi connectivity index (χ4n) is 2.42. The average molecular weight is 380 g/mol. The van der Waals surface area contributed by atoms with Crippen LogP contribution >= 0.6 is 11.6 Å². The van der Waals surface area contributed by atoms with Gasteiger partial charge in [0.15, 0.2) is 10.9 Å². The number of alkyl halides is 3. The molecule has 0 aromatic carbocycles. The van der Waals surface area contributed by atoms with Crippen molar-refractivity contribution < 1.29 is 22.4 Å². The van der Waals surface area contributed by atoms with Crippen LogP contribution in [0.5, 0.6) is 0 Å². The van der Waals surface area contributed by atoms with Crippen molar-refractivity contribution in [2.24, 2.45) is 0 Å². The lowest BCUT2D eigenvalue weighted by Crippen LogP contribution is -2.32. The van der Waals surface area contributed by atoms with Crippen LogP contribution in [0.4, 0.5) is 17.6 Å². The van der Waals surface area contributed by atoms with Gasteiger partial charge in [-0.1, -0.05) is 11.6 Å². The molecule has 1 aromatic rings. The Morgan fingerprint density at radius 3 is 2.56 bits per heavy atom. The van der Waals surface area contributed by atoms with Crippen LogP contribution in [0.2, 0.25) is 5.15 Å². The summed E-state index contributed by atoms with van der Waals surface area (Å²) in [5.41, 5.74) is -1.96. The van der Waals surface area contributed by atoms with Gasteiger partial charge in [-0.25, -0.2) is 11.6 Å². The van der Waals surface area contributed by atoms with Crippen LogP contribution in [0.3, 0.4) is 0 Å². The number of carbonyl (C=O) groups is 1. The standard InChI is InChI=1S/C15H14ClF4N3O2/c1-21-14(5-6-14)7-9(24)8-23-10(3-2-4-15(18,19)20)22-12(16)11(17)13(23)25/h2-8H2. The summed E-state index contributed by atoms with van der Waals surface area (Å²) in [7, 11) is 0. The fourth-order valence-corrected chi connectivity index (χ4v) is 2.60. The molecular formula is C15H14ClF4N3O2. The quantitative estimate of drug-likeness (QED) is 0.415. The van der Waals surface area contributed by atoms with E-state index >= 15 is 0 Å². The van der Waals surface area contributed by atoms with Crippen molar-refractivity contribution in [3.8, 4) is 0 Å². The summed E-state index contributed by atoms with van der Waals surface area (Å²) in [6.07, 6.45) is -5.08. The molecule has 2 rings (SSSR count). The second-order valence-electron chi connectivity index (χ2n) is 6.04. The second kappa shape index (κ2) is 7.12. The van der Waals surface area contributed by atoms with Crippen LogP contribution in [0.15, 0.2) is 4.79 Å². The van der Waals surface area contributed by atoms with Gasteiger partial charge < -0.3 is 4.85 Å². The van der Waals surface area contributed by atoms with E-state index in [9.17, 15) is 27.2 Å². The minimum absolute atomic E-state index is 0.0881. The summed E-state index contributed by atoms with van der Waals surface area (Å²) < 4.78 is 51.2. The number of carbonyl (C=O) groups excluding carboxylic acids is 1. The van der Waals surface area contributed by atoms with Crippen LogP contribution in [-0.4, -0.2) is 27.0 Å². The number of aromatic nitrogens is 2. The zero-order chi connectivity index (χ0) is 18.8. The number of hydrogen-bond donors (Lipinski definition) is 0. The van der Waals surface area contributed by atoms with Crippen molar-refractivity contribution in [1.82, 2.24) is 9.55 Å². The second-order valence-corrected chi connectivity index (χ2v) is 6.40. The number of Topliss-reactive ketones (excluding diaryl/α,β-unsaturated/α-hetero) is 1. The SMILES string of the molecule is [C-]#[N+]C1(CC(=O)Cn2c(CCCC(F)(F)F)nc(Cl)c(F)c2=O)CC1. The minimum Gasteiger partial charge on any atom is -0.310 e. The monoisotopic (exact) mass is 379 g/mol. The highest BCUT2D eigenvalue weighted by Gasteiger charge is 2.52. The molecule has 0 radical (unpaired) electrons. The Kier molecular flexibility index (Phi) is 5.52. The number of rotatable bonds is 7. The van der Waals surface area contributed by atoms with E-state index in [2.05, 4.69) is 9.83 Å². The molecular weight excluding hydrogens is 366 g/mol. The Labute approximate surface area is 145 Å². The smallest absolute Gasteiger partial charge is 0.310 e. The third-order valence-electron chi connectivity index (χ3n) is 3.94. The van der Waals surface area contributed by atoms with E-state index in [0.29, 0.717) is 17.4 Å². The Hall–Kier alpha value is -1.95. The first-order valence-electron chi connectivity index (χ1n) is 7.49. The zero-order valence-electron chi connectivity index (χ0n) is 13.0. The van der Waals surface area contributed by atoms with E-state index in [-0.39, 0.29) is 25.1 Å². The Bertz CT molecular complexity index is 779. The molecule has 0 bridgehead atoms. The Balaban J connectivity index is 2.19. The molecule has 0 atom stereocenters. The highest BCUT2D eigenvalue weighted by Crippen LogP contribution is 2.43. The Morgan fingerprint density at radius 1 is 1.40 bits per heavy atom. The van der Waals surface area contributed by atoms with Gasteiger partial charge in [-0.05, 0) is 6.42 Å². The lowest BCUT2D eigenvalue weighted by molar-refractivity contribution is -0.135. The molecule has 1 saturated carbocycles. The third kappa shape index (κ3) is 5.01. The average Bonchev–Trinajstić information content (AvgIpc) is 3.27. The molecule has 0 unspecified atom stereocenters. The van der Waals surface area contributed by atoms with Gasteiger partial charge in [0.05, 0.1) is 13.0 Å². The maximum Gasteiger partial charge on any atom is 0.389 e. The molecule has 1 heterocycles. The van der Waals surface area contributed by atoms with Gasteiger partial charge in [-0.3, -0.25) is 14.2 Å². The van der Waals surface area contributed by atoms with Gasteiger partial charge in [-0.2, -0.15) is 17.6 Å². The van der Waals surface area contributed by atoms with Crippen LogP contribution in [0, 0.1) is 12.4 Å². The molecule has 1 aliphatic rings. The van der Waals surface area contributed by atoms with E-state index in [1.807, 2.05) is 0 Å². The highest BCUT2D eigenvalue weighted by molar-refractivity contribution is 6.29. The van der Waals surface area contributed by atoms with Gasteiger partial charge in [-0.15, -0.1) is 0 Å². The van der Waals surface area contributed by atoms with Crippen LogP contribution in [0.1, 0.15) is 37.9 Å². The largest absolute Gasteiger partial charge is 0.389 e. The van der Waals surface area contributed by atoms with Crippen molar-refractivity contribution in [2.45, 2.75) is 56.8 Å². The lowest BCUT2D eigenvalue weighted by atomic mass is 10.1. The number of hydrogen-bond acceptors (Lipinski definition) is 3. The molecule has 0 saturated heterocycles. The molecule has 1 aromatic heterocycles. The summed E-state index contributed by atoms with van der Waals surface area (Å²) in [6.45, 7) is 6.50. The molecule has 0 N–H and O–H groups in total. The van der Waals surface area contributed by atoms with E-state index < -0.39 is 47.0 Å². The summed E-state index contributed by atoms with van der Waals surface area (Å²) in [4.78, 5) is 31.1. The van der Waals surface area contributed by atoms with Gasteiger partial charge in [0.2, 0.25) is 11.4 Å². The van der Waals surface area contributed by atoms with Gasteiger partial charge in [0, 0.05) is 25.7 Å². The summed E-state index contributed by atoms with van der Waals surface area (Å²) in [6, 6.07) is 0. The fraction of sp³-hybridized carbons (Fsp3) is 0.600. The van der Waals surface area contributed by atoms with E-state index in [1.165, 1.54) is 0 Å². The maximum absolute atomic E-state index is 13.7. The summed E-state index contributed by atoms with van der Waals surface area (Å²) in [5, 5.41) is -0.740. The predicted molar refractivity (Wildman–Crippen MR) is 80.6 cm³/mol. The van der Waals surface area contributed by atoms with Crippen molar-refractivity contribution in [2.75, 3.05) is 0 Å². The van der Waals surface area contributed by atoms with Crippen LogP contribution < -0.4 is 5.56 Å². The van der Waals surface area contributed by atoms with Crippen molar-refractivity contribution >= 4 is 17.4 Å². The molecule has 1 fully saturated rings. The first kappa shape index (κ1) is 19.4. The topological polar surface area (TPSA) is 56.3 Å². The molecule has 25 heavy (non-hydrogen) atoms. The first-order chi connectivity index (χ1) is 11.6. The number of aryl methyl sites for hydroxylation is 1. The third-order valence-corrected chi connectivity index (χ3v) is 4.19. The summed E-state index contributed by atoms with van der Waals surface area (Å²) in [5.74, 6) is -2.02. The van der Waals surface area contributed by atoms with Crippen molar-refractivity contribution in [3.63, 3.8) is 0 Å². The highest BCUT2D eigenvalue weighted by atomic mass is 35.5. The van der Waals surface area contributed by atoms with Gasteiger partial charge in [0.25, 0.3) is 5.56 Å². The maximum atomic E-state index is 13.7. The molecule has 1 aliphatic carbocycles. The van der Waals surface area contributed by atoms with Crippen LogP contribution in [0.25, 0.3) is 4.85 Å². The number of ketones is 1. The van der Waals surface area contributed by atoms with Crippen molar-refractivity contribution in [3.05, 3.63) is 38.6 Å². The van der Waals surface area contributed by atoms with E-state index in [1.54, 1.807) is 0 Å². The molecule has 0 aliphatic heterocycles. The minimum atomic E-state index is -4.38. The molecule has 0 amide bonds. The van der Waals surface area contributed by atoms with Gasteiger partial charge in [0.1, 0.15) is 5.82 Å². The zero-order valence-corrected chi connectivity index (χ0v) is 13.8. The number of nitrogens with zero attached hydrogens (tertiary/aromatic N) is 3. The van der Waals surface area contributed by atoms with Gasteiger partial charge >= 0.3 is 6.18 Å². The molecule has 0 spiro atoms. The molecule has 5 nitrogen and oxygen atoms in total. The normalized spacial score (nSPS) is 15.7. The van der Waals surface area contributed by atoms with Crippen LogP contribution in [-0.2, 0) is 17.8 Å². The summed E-state index contributed by atoms with van der Waals surface area (Å²) >= 11 is 5.49. The molecule has 136 valence electrons. The molecule has 10 heteroatoms. The first-order valence-corrected chi connectivity index (χ1v) is 7.86. The predicted octanol–water partition coefficient (Wildman–Crippen LogP) is 3.33. The van der Waals surface area contributed by atoms with Crippen molar-refractivity contribution in [1.29, 1.82) is 0 Å².